The van der Waals surface area contributed by atoms with Crippen LogP contribution in [0.2, 0.25) is 10.2 Å². The van der Waals surface area contributed by atoms with Gasteiger partial charge in [0.25, 0.3) is 5.88 Å². The van der Waals surface area contributed by atoms with Crippen molar-refractivity contribution >= 4 is 40.3 Å². The monoisotopic (exact) mass is 400 g/mol. The second-order valence-electron chi connectivity index (χ2n) is 5.04. The molecule has 10 nitrogen and oxygen atoms in total. The molecule has 0 amide bonds. The minimum absolute atomic E-state index is 0.0345. The summed E-state index contributed by atoms with van der Waals surface area (Å²) in [5.41, 5.74) is 5.93. The number of anilines is 1. The molecule has 3 heterocycles. The molecule has 0 spiro atoms. The van der Waals surface area contributed by atoms with Crippen LogP contribution in [0.1, 0.15) is 5.69 Å². The lowest BCUT2D eigenvalue weighted by atomic mass is 10.3. The molecule has 26 heavy (non-hydrogen) atoms. The fourth-order valence-corrected chi connectivity index (χ4v) is 2.95. The highest BCUT2D eigenvalue weighted by Crippen LogP contribution is 2.42. The van der Waals surface area contributed by atoms with Crippen molar-refractivity contribution in [3.63, 3.8) is 0 Å². The van der Waals surface area contributed by atoms with Gasteiger partial charge in [-0.15, -0.1) is 0 Å². The average molecular weight is 401 g/mol. The van der Waals surface area contributed by atoms with Gasteiger partial charge in [-0.1, -0.05) is 23.2 Å². The maximum atomic E-state index is 12.3. The molecular weight excluding hydrogens is 387 g/mol. The molecule has 0 fully saturated rings. The van der Waals surface area contributed by atoms with Crippen molar-refractivity contribution in [1.29, 1.82) is 0 Å². The molecule has 0 aliphatic carbocycles. The summed E-state index contributed by atoms with van der Waals surface area (Å²) in [6.45, 7) is -0.0405. The summed E-state index contributed by atoms with van der Waals surface area (Å²) in [5, 5.41) is 0.201. The second-order valence-corrected chi connectivity index (χ2v) is 5.77. The Morgan fingerprint density at radius 1 is 1.08 bits per heavy atom. The Hall–Kier alpha value is -2.72. The normalized spacial score (nSPS) is 11.0. The van der Waals surface area contributed by atoms with Gasteiger partial charge in [-0.2, -0.15) is 9.97 Å². The average Bonchev–Trinajstić information content (AvgIpc) is 2.92. The minimum Gasteiger partial charge on any atom is -0.491 e. The molecule has 0 saturated heterocycles. The van der Waals surface area contributed by atoms with Gasteiger partial charge >= 0.3 is 5.69 Å². The number of aromatic amines is 1. The Labute approximate surface area is 156 Å². The Kier molecular flexibility index (Phi) is 4.79. The number of nitrogens with zero attached hydrogens (tertiary/aromatic N) is 4. The highest BCUT2D eigenvalue weighted by atomic mass is 35.5. The Morgan fingerprint density at radius 3 is 2.38 bits per heavy atom. The first-order valence-electron chi connectivity index (χ1n) is 7.17. The minimum atomic E-state index is -0.478. The fraction of sp³-hybridized carbons (Fsp3) is 0.286. The number of nitrogen functional groups attached to an aromatic ring is 1. The number of halogens is 2. The van der Waals surface area contributed by atoms with Crippen LogP contribution in [0.25, 0.3) is 11.2 Å². The third kappa shape index (κ3) is 2.86. The number of pyridine rings is 1. The predicted molar refractivity (Wildman–Crippen MR) is 95.6 cm³/mol. The van der Waals surface area contributed by atoms with E-state index in [0.29, 0.717) is 5.69 Å². The first kappa shape index (κ1) is 18.1. The molecule has 3 aromatic heterocycles. The SMILES string of the molecule is COc1nc(Cn2c(=O)[nH]c3c(Cl)nc(N)nc32)c(Cl)c(OC)c1OC. The highest BCUT2D eigenvalue weighted by molar-refractivity contribution is 6.33. The molecule has 138 valence electrons. The molecule has 0 unspecified atom stereocenters. The molecule has 0 aliphatic rings. The lowest BCUT2D eigenvalue weighted by Crippen LogP contribution is -2.19. The van der Waals surface area contributed by atoms with Gasteiger partial charge in [0, 0.05) is 0 Å². The highest BCUT2D eigenvalue weighted by Gasteiger charge is 2.23. The lowest BCUT2D eigenvalue weighted by molar-refractivity contribution is 0.314. The van der Waals surface area contributed by atoms with Gasteiger partial charge in [0.2, 0.25) is 11.7 Å². The fourth-order valence-electron chi connectivity index (χ4n) is 2.46. The van der Waals surface area contributed by atoms with Crippen LogP contribution in [0.15, 0.2) is 4.79 Å². The topological polar surface area (TPSA) is 130 Å². The van der Waals surface area contributed by atoms with Gasteiger partial charge in [0.05, 0.1) is 33.6 Å². The third-order valence-corrected chi connectivity index (χ3v) is 4.26. The zero-order valence-corrected chi connectivity index (χ0v) is 15.5. The van der Waals surface area contributed by atoms with E-state index in [1.807, 2.05) is 0 Å². The van der Waals surface area contributed by atoms with Crippen molar-refractivity contribution in [3.8, 4) is 17.4 Å². The van der Waals surface area contributed by atoms with E-state index in [1.54, 1.807) is 0 Å². The van der Waals surface area contributed by atoms with Crippen molar-refractivity contribution in [2.24, 2.45) is 0 Å². The summed E-state index contributed by atoms with van der Waals surface area (Å²) in [5.74, 6) is 0.559. The van der Waals surface area contributed by atoms with Gasteiger partial charge in [0.1, 0.15) is 10.5 Å². The van der Waals surface area contributed by atoms with Gasteiger partial charge in [-0.05, 0) is 0 Å². The van der Waals surface area contributed by atoms with Crippen molar-refractivity contribution < 1.29 is 14.2 Å². The molecule has 0 atom stereocenters. The van der Waals surface area contributed by atoms with E-state index in [-0.39, 0.29) is 51.2 Å². The van der Waals surface area contributed by atoms with Crippen LogP contribution in [0.4, 0.5) is 5.95 Å². The van der Waals surface area contributed by atoms with Crippen molar-refractivity contribution in [2.45, 2.75) is 6.54 Å². The van der Waals surface area contributed by atoms with E-state index < -0.39 is 5.69 Å². The zero-order valence-electron chi connectivity index (χ0n) is 14.0. The summed E-state index contributed by atoms with van der Waals surface area (Å²) in [6, 6.07) is 0. The number of rotatable bonds is 5. The Morgan fingerprint density at radius 2 is 1.77 bits per heavy atom. The first-order valence-corrected chi connectivity index (χ1v) is 7.92. The quantitative estimate of drug-likeness (QED) is 0.615. The van der Waals surface area contributed by atoms with Crippen LogP contribution in [-0.4, -0.2) is 45.8 Å². The molecule has 12 heteroatoms. The molecule has 0 saturated carbocycles. The number of nitrogens with two attached hydrogens (primary N) is 1. The summed E-state index contributed by atoms with van der Waals surface area (Å²) in [6.07, 6.45) is 0. The maximum absolute atomic E-state index is 12.3. The number of hydrogen-bond acceptors (Lipinski definition) is 8. The van der Waals surface area contributed by atoms with E-state index in [9.17, 15) is 4.79 Å². The lowest BCUT2D eigenvalue weighted by Gasteiger charge is -2.15. The molecule has 0 bridgehead atoms. The summed E-state index contributed by atoms with van der Waals surface area (Å²) >= 11 is 12.4. The van der Waals surface area contributed by atoms with Crippen LogP contribution >= 0.6 is 23.2 Å². The molecule has 3 aromatic rings. The number of methoxy groups -OCH3 is 3. The predicted octanol–water partition coefficient (Wildman–Crippen LogP) is 1.48. The Bertz CT molecular complexity index is 1050. The summed E-state index contributed by atoms with van der Waals surface area (Å²) in [7, 11) is 4.29. The second kappa shape index (κ2) is 6.89. The smallest absolute Gasteiger partial charge is 0.328 e. The van der Waals surface area contributed by atoms with Gasteiger partial charge < -0.3 is 24.9 Å². The largest absolute Gasteiger partial charge is 0.491 e. The van der Waals surface area contributed by atoms with E-state index in [4.69, 9.17) is 43.1 Å². The van der Waals surface area contributed by atoms with Crippen LogP contribution in [0.5, 0.6) is 17.4 Å². The molecule has 0 aromatic carbocycles. The van der Waals surface area contributed by atoms with Crippen LogP contribution < -0.4 is 25.6 Å². The third-order valence-electron chi connectivity index (χ3n) is 3.59. The Balaban J connectivity index is 2.20. The molecule has 3 rings (SSSR count). The van der Waals surface area contributed by atoms with Crippen molar-refractivity contribution in [2.75, 3.05) is 27.1 Å². The first-order chi connectivity index (χ1) is 12.4. The van der Waals surface area contributed by atoms with Gasteiger partial charge in [-0.3, -0.25) is 4.57 Å². The number of H-pyrrole nitrogens is 1. The van der Waals surface area contributed by atoms with Gasteiger partial charge in [-0.25, -0.2) is 9.78 Å². The zero-order chi connectivity index (χ0) is 19.0. The number of fused-ring (bicyclic) bond motifs is 1. The summed E-state index contributed by atoms with van der Waals surface area (Å²) < 4.78 is 17.0. The summed E-state index contributed by atoms with van der Waals surface area (Å²) in [4.78, 5) is 27.1. The van der Waals surface area contributed by atoms with E-state index >= 15 is 0 Å². The molecule has 0 aliphatic heterocycles. The van der Waals surface area contributed by atoms with E-state index in [0.717, 1.165) is 0 Å². The van der Waals surface area contributed by atoms with Crippen LogP contribution in [0, 0.1) is 0 Å². The van der Waals surface area contributed by atoms with Crippen LogP contribution in [0.3, 0.4) is 0 Å². The van der Waals surface area contributed by atoms with Crippen molar-refractivity contribution in [1.82, 2.24) is 24.5 Å². The number of aromatic nitrogens is 5. The molecular formula is C14H14Cl2N6O4. The number of hydrogen-bond donors (Lipinski definition) is 2. The molecule has 3 N–H and O–H groups in total. The standard InChI is InChI=1S/C14H14Cl2N6O4/c1-24-8-6(15)5(18-12(26-3)9(8)25-2)4-22-11-7(19-14(22)23)10(16)20-13(17)21-11/h4H2,1-3H3,(H,19,23)(H2,17,20,21). The number of imidazole rings is 1. The van der Waals surface area contributed by atoms with E-state index in [1.165, 1.54) is 25.9 Å². The maximum Gasteiger partial charge on any atom is 0.328 e. The van der Waals surface area contributed by atoms with Crippen LogP contribution in [-0.2, 0) is 6.54 Å². The van der Waals surface area contributed by atoms with Gasteiger partial charge in [0.15, 0.2) is 16.5 Å². The number of ether oxygens (including phenoxy) is 3. The van der Waals surface area contributed by atoms with E-state index in [2.05, 4.69) is 19.9 Å². The van der Waals surface area contributed by atoms with Crippen molar-refractivity contribution in [3.05, 3.63) is 26.4 Å². The number of nitrogens with one attached hydrogen (secondary N) is 1. The molecule has 0 radical (unpaired) electrons.